The van der Waals surface area contributed by atoms with Crippen molar-refractivity contribution in [1.29, 1.82) is 0 Å². The molecule has 24 heavy (non-hydrogen) atoms. The van der Waals surface area contributed by atoms with E-state index >= 15 is 0 Å². The molecule has 0 spiro atoms. The Balaban J connectivity index is 2.33. The van der Waals surface area contributed by atoms with E-state index < -0.39 is 11.5 Å². The van der Waals surface area contributed by atoms with Gasteiger partial charge in [-0.15, -0.1) is 0 Å². The maximum atomic E-state index is 12.4. The molecule has 0 aromatic carbocycles. The van der Waals surface area contributed by atoms with Gasteiger partial charge in [0.25, 0.3) is 5.56 Å². The molecule has 0 unspecified atom stereocenters. The summed E-state index contributed by atoms with van der Waals surface area (Å²) in [6.07, 6.45) is 5.07. The van der Waals surface area contributed by atoms with Crippen LogP contribution in [0, 0.1) is 0 Å². The number of nitrogens with zero attached hydrogens (tertiary/aromatic N) is 3. The molecular formula is C16H14N4O3S. The molecule has 3 heterocycles. The largest absolute Gasteiger partial charge is 0.462 e. The number of nitrogens with one attached hydrogen (secondary N) is 1. The van der Waals surface area contributed by atoms with Crippen LogP contribution in [0.1, 0.15) is 17.3 Å². The number of aromatic nitrogens is 4. The molecule has 8 heteroatoms. The lowest BCUT2D eigenvalue weighted by Gasteiger charge is -2.09. The van der Waals surface area contributed by atoms with E-state index in [1.54, 1.807) is 31.6 Å². The van der Waals surface area contributed by atoms with Gasteiger partial charge in [-0.2, -0.15) is 0 Å². The van der Waals surface area contributed by atoms with Crippen molar-refractivity contribution in [1.82, 2.24) is 19.9 Å². The number of fused-ring (bicyclic) bond motifs is 1. The Morgan fingerprint density at radius 3 is 2.88 bits per heavy atom. The van der Waals surface area contributed by atoms with Gasteiger partial charge >= 0.3 is 5.97 Å². The molecule has 3 aromatic heterocycles. The van der Waals surface area contributed by atoms with Gasteiger partial charge in [0.1, 0.15) is 0 Å². The first-order chi connectivity index (χ1) is 11.6. The van der Waals surface area contributed by atoms with Crippen molar-refractivity contribution < 1.29 is 9.53 Å². The summed E-state index contributed by atoms with van der Waals surface area (Å²) in [5.74, 6) is -0.584. The minimum absolute atomic E-state index is 0.124. The topological polar surface area (TPSA) is 97.8 Å². The molecule has 0 aliphatic heterocycles. The Kier molecular flexibility index (Phi) is 4.57. The monoisotopic (exact) mass is 342 g/mol. The summed E-state index contributed by atoms with van der Waals surface area (Å²) in [7, 11) is 0. The van der Waals surface area contributed by atoms with Crippen LogP contribution in [0.5, 0.6) is 0 Å². The molecule has 0 bridgehead atoms. The summed E-state index contributed by atoms with van der Waals surface area (Å²) >= 11 is 1.29. The van der Waals surface area contributed by atoms with E-state index in [1.165, 1.54) is 17.8 Å². The van der Waals surface area contributed by atoms with Gasteiger partial charge in [0.15, 0.2) is 10.8 Å². The van der Waals surface area contributed by atoms with Crippen molar-refractivity contribution in [2.24, 2.45) is 0 Å². The number of rotatable bonds is 4. The predicted octanol–water partition coefficient (Wildman–Crippen LogP) is 2.28. The first kappa shape index (κ1) is 16.1. The molecule has 122 valence electrons. The second kappa shape index (κ2) is 6.79. The molecule has 0 aliphatic carbocycles. The van der Waals surface area contributed by atoms with E-state index in [1.807, 2.05) is 6.07 Å². The standard InChI is InChI=1S/C16H14N4O3S/c1-3-23-15(22)10-7-11(9-5-4-6-17-8-9)18-13-12(10)14(21)20-16(19-13)24-2/h4-8H,3H2,1-2H3,(H,18,19,20,21). The lowest BCUT2D eigenvalue weighted by Crippen LogP contribution is -2.16. The summed E-state index contributed by atoms with van der Waals surface area (Å²) in [5, 5.41) is 0.553. The van der Waals surface area contributed by atoms with Gasteiger partial charge in [-0.3, -0.25) is 9.78 Å². The second-order valence-corrected chi connectivity index (χ2v) is 5.59. The highest BCUT2D eigenvalue weighted by atomic mass is 32.2. The van der Waals surface area contributed by atoms with Gasteiger partial charge in [-0.25, -0.2) is 14.8 Å². The van der Waals surface area contributed by atoms with E-state index in [0.717, 1.165) is 5.56 Å². The molecule has 3 rings (SSSR count). The third kappa shape index (κ3) is 3.00. The first-order valence-electron chi connectivity index (χ1n) is 7.20. The zero-order valence-electron chi connectivity index (χ0n) is 13.1. The number of pyridine rings is 2. The van der Waals surface area contributed by atoms with E-state index in [9.17, 15) is 9.59 Å². The number of hydrogen-bond donors (Lipinski definition) is 1. The van der Waals surface area contributed by atoms with E-state index in [4.69, 9.17) is 4.74 Å². The Hall–Kier alpha value is -2.74. The first-order valence-corrected chi connectivity index (χ1v) is 8.43. The third-order valence-electron chi connectivity index (χ3n) is 3.30. The number of H-pyrrole nitrogens is 1. The van der Waals surface area contributed by atoms with Gasteiger partial charge in [-0.05, 0) is 31.4 Å². The molecule has 0 amide bonds. The van der Waals surface area contributed by atoms with Crippen LogP contribution in [-0.2, 0) is 4.74 Å². The summed E-state index contributed by atoms with van der Waals surface area (Å²) in [6.45, 7) is 1.91. The fraction of sp³-hybridized carbons (Fsp3) is 0.188. The summed E-state index contributed by atoms with van der Waals surface area (Å²) in [4.78, 5) is 40.1. The maximum absolute atomic E-state index is 12.4. The molecule has 3 aromatic rings. The minimum atomic E-state index is -0.584. The Morgan fingerprint density at radius 2 is 2.21 bits per heavy atom. The fourth-order valence-corrected chi connectivity index (χ4v) is 2.62. The predicted molar refractivity (Wildman–Crippen MR) is 91.1 cm³/mol. The van der Waals surface area contributed by atoms with Gasteiger partial charge in [0, 0.05) is 18.0 Å². The number of ether oxygens (including phenoxy) is 1. The fourth-order valence-electron chi connectivity index (χ4n) is 2.25. The van der Waals surface area contributed by atoms with Crippen LogP contribution in [0.15, 0.2) is 40.5 Å². The smallest absolute Gasteiger partial charge is 0.339 e. The van der Waals surface area contributed by atoms with E-state index in [2.05, 4.69) is 19.9 Å². The highest BCUT2D eigenvalue weighted by molar-refractivity contribution is 7.98. The number of carbonyl (C=O) groups excluding carboxylic acids is 1. The number of esters is 1. The van der Waals surface area contributed by atoms with Gasteiger partial charge in [0.05, 0.1) is 23.3 Å². The third-order valence-corrected chi connectivity index (χ3v) is 3.88. The highest BCUT2D eigenvalue weighted by Crippen LogP contribution is 2.23. The number of aromatic amines is 1. The molecule has 7 nitrogen and oxygen atoms in total. The van der Waals surface area contributed by atoms with Crippen LogP contribution in [0.2, 0.25) is 0 Å². The van der Waals surface area contributed by atoms with Crippen LogP contribution in [0.25, 0.3) is 22.3 Å². The summed E-state index contributed by atoms with van der Waals surface area (Å²) < 4.78 is 5.07. The van der Waals surface area contributed by atoms with Crippen LogP contribution < -0.4 is 5.56 Å². The molecular weight excluding hydrogens is 328 g/mol. The Labute approximate surface area is 141 Å². The van der Waals surface area contributed by atoms with Crippen molar-refractivity contribution in [2.45, 2.75) is 12.1 Å². The zero-order chi connectivity index (χ0) is 17.1. The van der Waals surface area contributed by atoms with Gasteiger partial charge in [-0.1, -0.05) is 11.8 Å². The Bertz CT molecular complexity index is 957. The second-order valence-electron chi connectivity index (χ2n) is 4.79. The minimum Gasteiger partial charge on any atom is -0.462 e. The molecule has 0 fully saturated rings. The van der Waals surface area contributed by atoms with Crippen LogP contribution in [0.3, 0.4) is 0 Å². The quantitative estimate of drug-likeness (QED) is 0.441. The van der Waals surface area contributed by atoms with Gasteiger partial charge in [0.2, 0.25) is 0 Å². The lowest BCUT2D eigenvalue weighted by molar-refractivity contribution is 0.0528. The molecule has 0 saturated carbocycles. The maximum Gasteiger partial charge on any atom is 0.339 e. The number of thioether (sulfide) groups is 1. The number of hydrogen-bond acceptors (Lipinski definition) is 7. The van der Waals surface area contributed by atoms with Crippen molar-refractivity contribution >= 4 is 28.8 Å². The van der Waals surface area contributed by atoms with Crippen molar-refractivity contribution in [3.05, 3.63) is 46.5 Å². The normalized spacial score (nSPS) is 10.8. The zero-order valence-corrected chi connectivity index (χ0v) is 13.9. The lowest BCUT2D eigenvalue weighted by atomic mass is 10.1. The van der Waals surface area contributed by atoms with Gasteiger partial charge < -0.3 is 9.72 Å². The summed E-state index contributed by atoms with van der Waals surface area (Å²) in [5.41, 5.74) is 1.15. The molecule has 0 atom stereocenters. The van der Waals surface area contributed by atoms with Crippen molar-refractivity contribution in [3.8, 4) is 11.3 Å². The van der Waals surface area contributed by atoms with Crippen molar-refractivity contribution in [3.63, 3.8) is 0 Å². The van der Waals surface area contributed by atoms with E-state index in [0.29, 0.717) is 10.9 Å². The highest BCUT2D eigenvalue weighted by Gasteiger charge is 2.19. The number of carbonyl (C=O) groups is 1. The summed E-state index contributed by atoms with van der Waals surface area (Å²) in [6, 6.07) is 5.12. The Morgan fingerprint density at radius 1 is 1.38 bits per heavy atom. The SMILES string of the molecule is CCOC(=O)c1cc(-c2cccnc2)nc2nc(SC)[nH]c(=O)c12. The van der Waals surface area contributed by atoms with Crippen LogP contribution in [0.4, 0.5) is 0 Å². The van der Waals surface area contributed by atoms with Crippen LogP contribution in [-0.4, -0.2) is 38.8 Å². The van der Waals surface area contributed by atoms with Crippen molar-refractivity contribution in [2.75, 3.05) is 12.9 Å². The van der Waals surface area contributed by atoms with E-state index in [-0.39, 0.29) is 23.2 Å². The average molecular weight is 342 g/mol. The molecule has 1 N–H and O–H groups in total. The molecule has 0 radical (unpaired) electrons. The van der Waals surface area contributed by atoms with Crippen LogP contribution >= 0.6 is 11.8 Å². The molecule has 0 saturated heterocycles. The molecule has 0 aliphatic rings. The average Bonchev–Trinajstić information content (AvgIpc) is 2.61.